The first-order valence-electron chi connectivity index (χ1n) is 9.15. The fraction of sp³-hybridized carbons (Fsp3) is 0.263. The van der Waals surface area contributed by atoms with Gasteiger partial charge in [-0.2, -0.15) is 0 Å². The van der Waals surface area contributed by atoms with E-state index in [-0.39, 0.29) is 17.0 Å². The summed E-state index contributed by atoms with van der Waals surface area (Å²) in [5.41, 5.74) is -0.246. The third-order valence-electron chi connectivity index (χ3n) is 4.57. The van der Waals surface area contributed by atoms with Gasteiger partial charge in [0.1, 0.15) is 17.1 Å². The maximum Gasteiger partial charge on any atom is 0.352 e. The molecule has 0 aliphatic heterocycles. The number of amides is 1. The van der Waals surface area contributed by atoms with Gasteiger partial charge in [-0.15, -0.1) is 16.4 Å². The molecular weight excluding hydrogens is 397 g/mol. The number of aryl methyl sites for hydroxylation is 1. The molecule has 1 N–H and O–H groups in total. The van der Waals surface area contributed by atoms with E-state index < -0.39 is 24.0 Å². The lowest BCUT2D eigenvalue weighted by atomic mass is 10.3. The highest BCUT2D eigenvalue weighted by molar-refractivity contribution is 7.17. The number of nitrogens with one attached hydrogen (secondary N) is 1. The minimum atomic E-state index is -0.593. The van der Waals surface area contributed by atoms with Gasteiger partial charge in [-0.3, -0.25) is 14.2 Å². The number of carbonyl (C=O) groups excluding carboxylic acids is 1. The Labute approximate surface area is 167 Å². The smallest absolute Gasteiger partial charge is 0.322 e. The average molecular weight is 415 g/mol. The maximum absolute atomic E-state index is 13.8. The Hall–Kier alpha value is -3.27. The van der Waals surface area contributed by atoms with Gasteiger partial charge < -0.3 is 5.32 Å². The van der Waals surface area contributed by atoms with E-state index in [9.17, 15) is 18.8 Å². The number of benzene rings is 1. The summed E-state index contributed by atoms with van der Waals surface area (Å²) in [4.78, 5) is 38.1. The Morgan fingerprint density at radius 3 is 2.79 bits per heavy atom. The van der Waals surface area contributed by atoms with Crippen LogP contribution in [0.25, 0.3) is 16.0 Å². The van der Waals surface area contributed by atoms with Gasteiger partial charge in [0.25, 0.3) is 5.56 Å². The Balaban J connectivity index is 1.77. The maximum atomic E-state index is 13.8. The highest BCUT2D eigenvalue weighted by Crippen LogP contribution is 2.17. The Morgan fingerprint density at radius 1 is 1.24 bits per heavy atom. The predicted octanol–water partition coefficient (Wildman–Crippen LogP) is 2.45. The fourth-order valence-electron chi connectivity index (χ4n) is 3.14. The van der Waals surface area contributed by atoms with Gasteiger partial charge in [-0.05, 0) is 30.0 Å². The molecule has 4 aromatic rings. The third-order valence-corrected chi connectivity index (χ3v) is 5.46. The molecule has 0 saturated carbocycles. The number of rotatable bonds is 6. The Morgan fingerprint density at radius 2 is 2.03 bits per heavy atom. The lowest BCUT2D eigenvalue weighted by molar-refractivity contribution is -0.117. The SMILES string of the molecule is CCCCn1c(=O)c2sccc2n2c(=O)n(CC(=O)Nc3ccccc3F)nc12. The van der Waals surface area contributed by atoms with E-state index in [4.69, 9.17) is 0 Å². The molecule has 0 unspecified atom stereocenters. The molecule has 150 valence electrons. The minimum absolute atomic E-state index is 0.0226. The van der Waals surface area contributed by atoms with Gasteiger partial charge in [0, 0.05) is 6.54 Å². The number of fused-ring (bicyclic) bond motifs is 3. The van der Waals surface area contributed by atoms with Crippen LogP contribution in [0.1, 0.15) is 19.8 Å². The quantitative estimate of drug-likeness (QED) is 0.524. The second kappa shape index (κ2) is 7.63. The second-order valence-electron chi connectivity index (χ2n) is 6.55. The van der Waals surface area contributed by atoms with Crippen LogP contribution < -0.4 is 16.6 Å². The molecule has 8 nitrogen and oxygen atoms in total. The Bertz CT molecular complexity index is 1330. The second-order valence-corrected chi connectivity index (χ2v) is 7.47. The number of halogens is 1. The van der Waals surface area contributed by atoms with Crippen molar-refractivity contribution in [2.75, 3.05) is 5.32 Å². The summed E-state index contributed by atoms with van der Waals surface area (Å²) < 4.78 is 18.0. The summed E-state index contributed by atoms with van der Waals surface area (Å²) in [5.74, 6) is -0.973. The van der Waals surface area contributed by atoms with Gasteiger partial charge in [0.2, 0.25) is 11.7 Å². The average Bonchev–Trinajstić information content (AvgIpc) is 3.29. The first-order valence-corrected chi connectivity index (χ1v) is 10.0. The number of aromatic nitrogens is 4. The summed E-state index contributed by atoms with van der Waals surface area (Å²) >= 11 is 1.26. The summed E-state index contributed by atoms with van der Waals surface area (Å²) in [7, 11) is 0. The molecule has 1 amide bonds. The summed E-state index contributed by atoms with van der Waals surface area (Å²) in [6.07, 6.45) is 1.62. The van der Waals surface area contributed by atoms with E-state index in [1.54, 1.807) is 17.5 Å². The van der Waals surface area contributed by atoms with Crippen LogP contribution in [0.2, 0.25) is 0 Å². The van der Waals surface area contributed by atoms with Crippen LogP contribution in [0.15, 0.2) is 45.3 Å². The molecule has 10 heteroatoms. The first-order chi connectivity index (χ1) is 14.0. The number of unbranched alkanes of at least 4 members (excludes halogenated alkanes) is 1. The lowest BCUT2D eigenvalue weighted by Crippen LogP contribution is -2.29. The number of hydrogen-bond acceptors (Lipinski definition) is 5. The number of anilines is 1. The minimum Gasteiger partial charge on any atom is -0.322 e. The third kappa shape index (κ3) is 3.35. The molecule has 4 rings (SSSR count). The van der Waals surface area contributed by atoms with Crippen LogP contribution >= 0.6 is 11.3 Å². The molecule has 0 radical (unpaired) electrons. The van der Waals surface area contributed by atoms with Crippen molar-refractivity contribution in [3.63, 3.8) is 0 Å². The van der Waals surface area contributed by atoms with Gasteiger partial charge in [0.15, 0.2) is 0 Å². The van der Waals surface area contributed by atoms with Crippen LogP contribution in [-0.4, -0.2) is 24.7 Å². The van der Waals surface area contributed by atoms with Gasteiger partial charge >= 0.3 is 5.69 Å². The highest BCUT2D eigenvalue weighted by Gasteiger charge is 2.19. The van der Waals surface area contributed by atoms with E-state index in [0.717, 1.165) is 17.5 Å². The molecule has 0 fully saturated rings. The number of thiophene rings is 1. The topological polar surface area (TPSA) is 90.4 Å². The molecule has 0 atom stereocenters. The fourth-order valence-corrected chi connectivity index (χ4v) is 3.97. The first kappa shape index (κ1) is 19.1. The van der Waals surface area contributed by atoms with Crippen LogP contribution in [-0.2, 0) is 17.9 Å². The van der Waals surface area contributed by atoms with E-state index in [1.165, 1.54) is 38.5 Å². The van der Waals surface area contributed by atoms with Gasteiger partial charge in [-0.25, -0.2) is 18.3 Å². The summed E-state index contributed by atoms with van der Waals surface area (Å²) in [5, 5.41) is 8.41. The van der Waals surface area contributed by atoms with Gasteiger partial charge in [-0.1, -0.05) is 25.5 Å². The predicted molar refractivity (Wildman–Crippen MR) is 109 cm³/mol. The molecule has 0 aliphatic carbocycles. The van der Waals surface area contributed by atoms with Crippen LogP contribution in [0.5, 0.6) is 0 Å². The van der Waals surface area contributed by atoms with Crippen LogP contribution in [0.3, 0.4) is 0 Å². The van der Waals surface area contributed by atoms with E-state index in [1.807, 2.05) is 6.92 Å². The normalized spacial score (nSPS) is 11.4. The Kier molecular flexibility index (Phi) is 5.01. The number of nitrogens with zero attached hydrogens (tertiary/aromatic N) is 4. The summed E-state index contributed by atoms with van der Waals surface area (Å²) in [6.45, 7) is 2.02. The summed E-state index contributed by atoms with van der Waals surface area (Å²) in [6, 6.07) is 7.45. The number of hydrogen-bond donors (Lipinski definition) is 1. The van der Waals surface area contributed by atoms with Crippen molar-refractivity contribution >= 4 is 38.9 Å². The standard InChI is InChI=1S/C19H18FN5O3S/c1-2-3-9-23-17(27)16-14(8-10-29-16)25-18(23)22-24(19(25)28)11-15(26)21-13-7-5-4-6-12(13)20/h4-8,10H,2-3,9,11H2,1H3,(H,21,26). The molecular formula is C19H18FN5O3S. The molecule has 3 heterocycles. The van der Waals surface area contributed by atoms with E-state index in [0.29, 0.717) is 16.8 Å². The molecule has 1 aromatic carbocycles. The van der Waals surface area contributed by atoms with Crippen LogP contribution in [0, 0.1) is 5.82 Å². The van der Waals surface area contributed by atoms with Crippen LogP contribution in [0.4, 0.5) is 10.1 Å². The zero-order chi connectivity index (χ0) is 20.5. The highest BCUT2D eigenvalue weighted by atomic mass is 32.1. The monoisotopic (exact) mass is 415 g/mol. The van der Waals surface area contributed by atoms with E-state index in [2.05, 4.69) is 10.4 Å². The van der Waals surface area contributed by atoms with Crippen molar-refractivity contribution in [2.45, 2.75) is 32.9 Å². The van der Waals surface area contributed by atoms with Crippen molar-refractivity contribution in [1.82, 2.24) is 18.7 Å². The number of para-hydroxylation sites is 1. The largest absolute Gasteiger partial charge is 0.352 e. The van der Waals surface area contributed by atoms with Crippen molar-refractivity contribution in [1.29, 1.82) is 0 Å². The van der Waals surface area contributed by atoms with Gasteiger partial charge in [0.05, 0.1) is 11.2 Å². The molecule has 0 bridgehead atoms. The van der Waals surface area contributed by atoms with Crippen molar-refractivity contribution in [3.05, 3.63) is 62.4 Å². The number of carbonyl (C=O) groups is 1. The molecule has 0 saturated heterocycles. The van der Waals surface area contributed by atoms with E-state index >= 15 is 0 Å². The zero-order valence-electron chi connectivity index (χ0n) is 15.6. The lowest BCUT2D eigenvalue weighted by Gasteiger charge is -2.06. The van der Waals surface area contributed by atoms with Crippen molar-refractivity contribution < 1.29 is 9.18 Å². The molecule has 29 heavy (non-hydrogen) atoms. The van der Waals surface area contributed by atoms with Crippen molar-refractivity contribution in [2.24, 2.45) is 0 Å². The molecule has 0 spiro atoms. The molecule has 3 aromatic heterocycles. The zero-order valence-corrected chi connectivity index (χ0v) is 16.4. The van der Waals surface area contributed by atoms with Crippen molar-refractivity contribution in [3.8, 4) is 0 Å². The molecule has 0 aliphatic rings.